The van der Waals surface area contributed by atoms with Crippen LogP contribution in [0.2, 0.25) is 0 Å². The number of nitrogens with one attached hydrogen (secondary N) is 1. The SMILES string of the molecule is COCn1ccc(C(=O)Nc2c(C(N)=O)sc3nc(C(F)F)cc(C4CC4)c23)n1. The fraction of sp³-hybridized carbons (Fsp3) is 0.333. The van der Waals surface area contributed by atoms with Crippen LogP contribution >= 0.6 is 11.3 Å². The van der Waals surface area contributed by atoms with E-state index in [0.29, 0.717) is 10.9 Å². The van der Waals surface area contributed by atoms with Crippen LogP contribution in [0.15, 0.2) is 18.3 Å². The molecule has 0 atom stereocenters. The van der Waals surface area contributed by atoms with Crippen LogP contribution in [-0.2, 0) is 11.5 Å². The lowest BCUT2D eigenvalue weighted by Gasteiger charge is -2.09. The number of thiophene rings is 1. The van der Waals surface area contributed by atoms with Gasteiger partial charge in [-0.2, -0.15) is 5.10 Å². The van der Waals surface area contributed by atoms with E-state index in [1.807, 2.05) is 0 Å². The van der Waals surface area contributed by atoms with E-state index in [4.69, 9.17) is 10.5 Å². The van der Waals surface area contributed by atoms with Gasteiger partial charge in [-0.3, -0.25) is 9.59 Å². The van der Waals surface area contributed by atoms with E-state index in [9.17, 15) is 18.4 Å². The molecule has 0 bridgehead atoms. The van der Waals surface area contributed by atoms with Gasteiger partial charge in [0.15, 0.2) is 5.69 Å². The molecule has 3 aromatic rings. The largest absolute Gasteiger partial charge is 0.365 e. The number of fused-ring (bicyclic) bond motifs is 1. The number of methoxy groups -OCH3 is 1. The predicted molar refractivity (Wildman–Crippen MR) is 102 cm³/mol. The highest BCUT2D eigenvalue weighted by atomic mass is 32.1. The van der Waals surface area contributed by atoms with Crippen molar-refractivity contribution in [3.63, 3.8) is 0 Å². The van der Waals surface area contributed by atoms with Crippen LogP contribution in [0.1, 0.15) is 56.6 Å². The Bertz CT molecular complexity index is 1110. The minimum absolute atomic E-state index is 0.0606. The molecular weight excluding hydrogens is 404 g/mol. The van der Waals surface area contributed by atoms with Crippen molar-refractivity contribution in [1.82, 2.24) is 14.8 Å². The van der Waals surface area contributed by atoms with E-state index in [-0.39, 0.29) is 39.4 Å². The molecule has 3 aromatic heterocycles. The van der Waals surface area contributed by atoms with Crippen LogP contribution < -0.4 is 11.1 Å². The van der Waals surface area contributed by atoms with Crippen molar-refractivity contribution in [2.45, 2.75) is 31.9 Å². The van der Waals surface area contributed by atoms with Gasteiger partial charge in [0, 0.05) is 18.7 Å². The van der Waals surface area contributed by atoms with Gasteiger partial charge in [-0.25, -0.2) is 18.4 Å². The number of ether oxygens (including phenoxy) is 1. The monoisotopic (exact) mass is 421 g/mol. The van der Waals surface area contributed by atoms with Gasteiger partial charge in [0.05, 0.1) is 5.69 Å². The van der Waals surface area contributed by atoms with Crippen LogP contribution in [0.5, 0.6) is 0 Å². The third kappa shape index (κ3) is 3.70. The molecule has 11 heteroatoms. The zero-order valence-electron chi connectivity index (χ0n) is 15.3. The third-order valence-corrected chi connectivity index (χ3v) is 5.65. The Hall–Kier alpha value is -2.92. The van der Waals surface area contributed by atoms with Crippen molar-refractivity contribution in [3.05, 3.63) is 40.2 Å². The molecule has 152 valence electrons. The molecule has 0 aromatic carbocycles. The molecule has 1 saturated carbocycles. The number of nitrogens with zero attached hydrogens (tertiary/aromatic N) is 3. The lowest BCUT2D eigenvalue weighted by atomic mass is 10.0. The number of primary amides is 1. The van der Waals surface area contributed by atoms with Gasteiger partial charge in [0.2, 0.25) is 0 Å². The minimum Gasteiger partial charge on any atom is -0.365 e. The number of amides is 2. The number of nitrogens with two attached hydrogens (primary N) is 1. The summed E-state index contributed by atoms with van der Waals surface area (Å²) in [6.45, 7) is 0.174. The molecule has 3 N–H and O–H groups in total. The Morgan fingerprint density at radius 2 is 2.21 bits per heavy atom. The molecule has 29 heavy (non-hydrogen) atoms. The highest BCUT2D eigenvalue weighted by molar-refractivity contribution is 7.21. The first-order valence-electron chi connectivity index (χ1n) is 8.78. The summed E-state index contributed by atoms with van der Waals surface area (Å²) in [4.78, 5) is 29.0. The Kier molecular flexibility index (Phi) is 5.01. The normalized spacial score (nSPS) is 13.9. The molecule has 0 saturated heterocycles. The van der Waals surface area contributed by atoms with Gasteiger partial charge in [-0.15, -0.1) is 11.3 Å². The number of hydrogen-bond acceptors (Lipinski definition) is 6. The number of halogens is 2. The third-order valence-electron chi connectivity index (χ3n) is 4.55. The fourth-order valence-electron chi connectivity index (χ4n) is 3.13. The highest BCUT2D eigenvalue weighted by Gasteiger charge is 2.32. The van der Waals surface area contributed by atoms with Gasteiger partial charge in [-0.1, -0.05) is 0 Å². The second-order valence-corrected chi connectivity index (χ2v) is 7.67. The van der Waals surface area contributed by atoms with Crippen LogP contribution in [0.4, 0.5) is 14.5 Å². The number of hydrogen-bond donors (Lipinski definition) is 2. The maximum absolute atomic E-state index is 13.3. The number of anilines is 1. The maximum Gasteiger partial charge on any atom is 0.280 e. The van der Waals surface area contributed by atoms with Crippen LogP contribution in [0.25, 0.3) is 10.2 Å². The van der Waals surface area contributed by atoms with Crippen LogP contribution in [-0.4, -0.2) is 33.7 Å². The van der Waals surface area contributed by atoms with E-state index >= 15 is 0 Å². The van der Waals surface area contributed by atoms with E-state index in [0.717, 1.165) is 24.2 Å². The first kappa shape index (κ1) is 19.4. The second-order valence-electron chi connectivity index (χ2n) is 6.67. The Morgan fingerprint density at radius 1 is 1.45 bits per heavy atom. The molecular formula is C18H17F2N5O3S. The molecule has 0 radical (unpaired) electrons. The summed E-state index contributed by atoms with van der Waals surface area (Å²) in [5.41, 5.74) is 6.08. The number of carbonyl (C=O) groups is 2. The molecule has 1 aliphatic carbocycles. The summed E-state index contributed by atoms with van der Waals surface area (Å²) in [7, 11) is 1.50. The zero-order chi connectivity index (χ0) is 20.7. The second kappa shape index (κ2) is 7.48. The topological polar surface area (TPSA) is 112 Å². The van der Waals surface area contributed by atoms with Crippen molar-refractivity contribution in [2.75, 3.05) is 12.4 Å². The van der Waals surface area contributed by atoms with Gasteiger partial charge in [0.1, 0.15) is 22.1 Å². The predicted octanol–water partition coefficient (Wildman–Crippen LogP) is 3.26. The summed E-state index contributed by atoms with van der Waals surface area (Å²) < 4.78 is 32.9. The van der Waals surface area contributed by atoms with Crippen molar-refractivity contribution in [1.29, 1.82) is 0 Å². The standard InChI is InChI=1S/C18H17F2N5O3S/c1-28-7-25-5-4-10(24-25)17(27)23-13-12-9(8-2-3-8)6-11(15(19)20)22-18(12)29-14(13)16(21)26/h4-6,8,15H,2-3,7H2,1H3,(H2,21,26)(H,23,27). The highest BCUT2D eigenvalue weighted by Crippen LogP contribution is 2.48. The van der Waals surface area contributed by atoms with Gasteiger partial charge in [-0.05, 0) is 36.5 Å². The molecule has 0 spiro atoms. The summed E-state index contributed by atoms with van der Waals surface area (Å²) >= 11 is 0.894. The Balaban J connectivity index is 1.80. The first-order valence-corrected chi connectivity index (χ1v) is 9.59. The van der Waals surface area contributed by atoms with Crippen LogP contribution in [0, 0.1) is 0 Å². The molecule has 3 heterocycles. The zero-order valence-corrected chi connectivity index (χ0v) is 16.1. The average molecular weight is 421 g/mol. The van der Waals surface area contributed by atoms with Crippen molar-refractivity contribution < 1.29 is 23.1 Å². The molecule has 4 rings (SSSR count). The van der Waals surface area contributed by atoms with E-state index < -0.39 is 18.2 Å². The van der Waals surface area contributed by atoms with E-state index in [1.165, 1.54) is 23.9 Å². The number of pyridine rings is 1. The number of carbonyl (C=O) groups excluding carboxylic acids is 2. The maximum atomic E-state index is 13.3. The van der Waals surface area contributed by atoms with Gasteiger partial charge in [0.25, 0.3) is 18.2 Å². The average Bonchev–Trinajstić information content (AvgIpc) is 3.31. The minimum atomic E-state index is -2.74. The summed E-state index contributed by atoms with van der Waals surface area (Å²) in [6, 6.07) is 2.85. The quantitative estimate of drug-likeness (QED) is 0.608. The molecule has 0 aliphatic heterocycles. The van der Waals surface area contributed by atoms with Gasteiger partial charge < -0.3 is 15.8 Å². The fourth-order valence-corrected chi connectivity index (χ4v) is 4.15. The van der Waals surface area contributed by atoms with E-state index in [1.54, 1.807) is 6.20 Å². The molecule has 2 amide bonds. The number of rotatable bonds is 7. The smallest absolute Gasteiger partial charge is 0.280 e. The Labute approximate surface area is 167 Å². The molecule has 1 fully saturated rings. The number of aromatic nitrogens is 3. The van der Waals surface area contributed by atoms with E-state index in [2.05, 4.69) is 15.4 Å². The van der Waals surface area contributed by atoms with Crippen molar-refractivity contribution >= 4 is 39.1 Å². The lowest BCUT2D eigenvalue weighted by molar-refractivity contribution is 0.100. The first-order chi connectivity index (χ1) is 13.9. The summed E-state index contributed by atoms with van der Waals surface area (Å²) in [6.07, 6.45) is 0.529. The molecule has 8 nitrogen and oxygen atoms in total. The Morgan fingerprint density at radius 3 is 2.83 bits per heavy atom. The summed E-state index contributed by atoms with van der Waals surface area (Å²) in [5.74, 6) is -1.24. The molecule has 1 aliphatic rings. The van der Waals surface area contributed by atoms with Gasteiger partial charge >= 0.3 is 0 Å². The van der Waals surface area contributed by atoms with Crippen molar-refractivity contribution in [2.24, 2.45) is 5.73 Å². The van der Waals surface area contributed by atoms with Crippen molar-refractivity contribution in [3.8, 4) is 0 Å². The van der Waals surface area contributed by atoms with Crippen LogP contribution in [0.3, 0.4) is 0 Å². The summed E-state index contributed by atoms with van der Waals surface area (Å²) in [5, 5.41) is 7.27. The molecule has 0 unspecified atom stereocenters. The lowest BCUT2D eigenvalue weighted by Crippen LogP contribution is -2.17. The number of alkyl halides is 2.